The lowest BCUT2D eigenvalue weighted by atomic mass is 9.97. The van der Waals surface area contributed by atoms with Crippen LogP contribution in [0.2, 0.25) is 0 Å². The van der Waals surface area contributed by atoms with Crippen LogP contribution in [0.5, 0.6) is 0 Å². The quantitative estimate of drug-likeness (QED) is 0.728. The topological polar surface area (TPSA) is 15.7 Å². The minimum Gasteiger partial charge on any atom is -0.374 e. The van der Waals surface area contributed by atoms with Crippen LogP contribution in [0, 0.1) is 0 Å². The molecule has 0 amide bonds. The van der Waals surface area contributed by atoms with E-state index in [2.05, 4.69) is 16.7 Å². The Morgan fingerprint density at radius 1 is 1.18 bits per heavy atom. The van der Waals surface area contributed by atoms with Gasteiger partial charge in [-0.3, -0.25) is 9.80 Å². The normalized spacial score (nSPS) is 40.4. The highest BCUT2D eigenvalue weighted by atomic mass is 16.5. The molecule has 3 fully saturated rings. The van der Waals surface area contributed by atoms with Gasteiger partial charge in [-0.2, -0.15) is 0 Å². The van der Waals surface area contributed by atoms with Gasteiger partial charge in [0.1, 0.15) is 0 Å². The maximum atomic E-state index is 5.92. The fourth-order valence-corrected chi connectivity index (χ4v) is 3.80. The first-order chi connectivity index (χ1) is 8.25. The van der Waals surface area contributed by atoms with E-state index in [0.717, 1.165) is 19.2 Å². The number of nitrogens with zero attached hydrogens (tertiary/aromatic N) is 2. The summed E-state index contributed by atoms with van der Waals surface area (Å²) in [6.07, 6.45) is 6.76. The predicted molar refractivity (Wildman–Crippen MR) is 69.2 cm³/mol. The predicted octanol–water partition coefficient (Wildman–Crippen LogP) is 1.73. The van der Waals surface area contributed by atoms with Crippen LogP contribution in [0.25, 0.3) is 0 Å². The molecule has 3 aliphatic heterocycles. The van der Waals surface area contributed by atoms with Crippen molar-refractivity contribution in [2.24, 2.45) is 0 Å². The monoisotopic (exact) mass is 238 g/mol. The molecule has 2 unspecified atom stereocenters. The minimum absolute atomic E-state index is 0.150. The summed E-state index contributed by atoms with van der Waals surface area (Å²) >= 11 is 0. The molecular formula is C14H26N2O. The van der Waals surface area contributed by atoms with Gasteiger partial charge in [-0.05, 0) is 39.2 Å². The van der Waals surface area contributed by atoms with Gasteiger partial charge in [0.15, 0.2) is 0 Å². The van der Waals surface area contributed by atoms with E-state index in [-0.39, 0.29) is 5.60 Å². The summed E-state index contributed by atoms with van der Waals surface area (Å²) < 4.78 is 5.92. The van der Waals surface area contributed by atoms with Crippen molar-refractivity contribution in [1.29, 1.82) is 0 Å². The molecule has 3 heteroatoms. The third kappa shape index (κ3) is 2.67. The van der Waals surface area contributed by atoms with Crippen LogP contribution >= 0.6 is 0 Å². The smallest absolute Gasteiger partial charge is 0.0781 e. The van der Waals surface area contributed by atoms with Gasteiger partial charge in [-0.25, -0.2) is 0 Å². The van der Waals surface area contributed by atoms with Crippen LogP contribution in [0.15, 0.2) is 0 Å². The van der Waals surface area contributed by atoms with Gasteiger partial charge in [0.2, 0.25) is 0 Å². The van der Waals surface area contributed by atoms with Crippen molar-refractivity contribution in [2.75, 3.05) is 39.3 Å². The van der Waals surface area contributed by atoms with Crippen molar-refractivity contribution in [1.82, 2.24) is 9.80 Å². The highest BCUT2D eigenvalue weighted by Gasteiger charge is 2.35. The molecule has 0 spiro atoms. The number of piperazine rings is 1. The van der Waals surface area contributed by atoms with Crippen LogP contribution in [0.4, 0.5) is 0 Å². The Morgan fingerprint density at radius 3 is 2.94 bits per heavy atom. The Balaban J connectivity index is 1.55. The Kier molecular flexibility index (Phi) is 3.42. The molecule has 0 bridgehead atoms. The summed E-state index contributed by atoms with van der Waals surface area (Å²) in [6, 6.07) is 0.836. The van der Waals surface area contributed by atoms with E-state index in [1.807, 2.05) is 0 Å². The molecule has 0 aromatic rings. The van der Waals surface area contributed by atoms with E-state index in [4.69, 9.17) is 4.74 Å². The molecule has 0 saturated carbocycles. The van der Waals surface area contributed by atoms with Crippen molar-refractivity contribution < 1.29 is 4.74 Å². The van der Waals surface area contributed by atoms with Crippen molar-refractivity contribution >= 4 is 0 Å². The van der Waals surface area contributed by atoms with E-state index in [1.165, 1.54) is 58.3 Å². The fourth-order valence-electron chi connectivity index (χ4n) is 3.80. The Bertz CT molecular complexity index is 263. The summed E-state index contributed by atoms with van der Waals surface area (Å²) in [4.78, 5) is 5.36. The molecule has 98 valence electrons. The lowest BCUT2D eigenvalue weighted by Gasteiger charge is -2.45. The third-order valence-electron chi connectivity index (χ3n) is 4.78. The van der Waals surface area contributed by atoms with Crippen LogP contribution < -0.4 is 0 Å². The first kappa shape index (κ1) is 11.9. The summed E-state index contributed by atoms with van der Waals surface area (Å²) in [7, 11) is 0. The van der Waals surface area contributed by atoms with Gasteiger partial charge in [-0.15, -0.1) is 0 Å². The maximum absolute atomic E-state index is 5.92. The summed E-state index contributed by atoms with van der Waals surface area (Å²) in [5, 5.41) is 0. The van der Waals surface area contributed by atoms with Crippen LogP contribution in [-0.4, -0.2) is 60.8 Å². The van der Waals surface area contributed by atoms with Crippen molar-refractivity contribution in [3.05, 3.63) is 0 Å². The zero-order chi connectivity index (χ0) is 11.7. The Hall–Kier alpha value is -0.120. The van der Waals surface area contributed by atoms with Crippen molar-refractivity contribution in [3.8, 4) is 0 Å². The van der Waals surface area contributed by atoms with Gasteiger partial charge >= 0.3 is 0 Å². The minimum atomic E-state index is 0.150. The fraction of sp³-hybridized carbons (Fsp3) is 1.00. The van der Waals surface area contributed by atoms with Crippen LogP contribution in [0.3, 0.4) is 0 Å². The van der Waals surface area contributed by atoms with E-state index in [0.29, 0.717) is 0 Å². The zero-order valence-electron chi connectivity index (χ0n) is 11.2. The molecule has 0 aromatic carbocycles. The van der Waals surface area contributed by atoms with Crippen LogP contribution in [0.1, 0.15) is 39.0 Å². The van der Waals surface area contributed by atoms with Gasteiger partial charge in [0.05, 0.1) is 5.60 Å². The molecular weight excluding hydrogens is 212 g/mol. The van der Waals surface area contributed by atoms with E-state index in [9.17, 15) is 0 Å². The largest absolute Gasteiger partial charge is 0.374 e. The first-order valence-electron chi connectivity index (χ1n) is 7.36. The molecule has 3 saturated heterocycles. The lowest BCUT2D eigenvalue weighted by molar-refractivity contribution is -0.0334. The number of piperidine rings is 1. The molecule has 3 heterocycles. The number of fused-ring (bicyclic) bond motifs is 1. The number of hydrogen-bond acceptors (Lipinski definition) is 3. The molecule has 0 aliphatic carbocycles. The Labute approximate surface area is 105 Å². The second-order valence-electron chi connectivity index (χ2n) is 6.32. The highest BCUT2D eigenvalue weighted by molar-refractivity contribution is 4.90. The van der Waals surface area contributed by atoms with Gasteiger partial charge < -0.3 is 4.74 Å². The highest BCUT2D eigenvalue weighted by Crippen LogP contribution is 2.28. The van der Waals surface area contributed by atoms with Gasteiger partial charge in [0.25, 0.3) is 0 Å². The standard InChI is InChI=1S/C14H26N2O/c1-14(6-4-10-17-14)12-15-8-9-16-7-3-2-5-13(16)11-15/h13H,2-12H2,1H3. The number of rotatable bonds is 2. The average Bonchev–Trinajstić information content (AvgIpc) is 2.76. The molecule has 2 atom stereocenters. The summed E-state index contributed by atoms with van der Waals surface area (Å²) in [5.41, 5.74) is 0.150. The second kappa shape index (κ2) is 4.87. The summed E-state index contributed by atoms with van der Waals surface area (Å²) in [6.45, 7) is 9.56. The third-order valence-corrected chi connectivity index (χ3v) is 4.78. The number of hydrogen-bond donors (Lipinski definition) is 0. The van der Waals surface area contributed by atoms with Crippen LogP contribution in [-0.2, 0) is 4.74 Å². The molecule has 17 heavy (non-hydrogen) atoms. The van der Waals surface area contributed by atoms with E-state index in [1.54, 1.807) is 0 Å². The lowest BCUT2D eigenvalue weighted by Crippen LogP contribution is -2.57. The average molecular weight is 238 g/mol. The Morgan fingerprint density at radius 2 is 2.12 bits per heavy atom. The molecule has 3 aliphatic rings. The SMILES string of the molecule is CC1(CN2CCN3CCCCC3C2)CCCO1. The molecule has 0 N–H and O–H groups in total. The summed E-state index contributed by atoms with van der Waals surface area (Å²) in [5.74, 6) is 0. The molecule has 3 rings (SSSR count). The van der Waals surface area contributed by atoms with E-state index < -0.39 is 0 Å². The number of ether oxygens (including phenoxy) is 1. The van der Waals surface area contributed by atoms with Gasteiger partial charge in [0, 0.05) is 38.8 Å². The molecule has 0 aromatic heterocycles. The second-order valence-corrected chi connectivity index (χ2v) is 6.32. The van der Waals surface area contributed by atoms with Crippen molar-refractivity contribution in [2.45, 2.75) is 50.7 Å². The zero-order valence-corrected chi connectivity index (χ0v) is 11.2. The molecule has 3 nitrogen and oxygen atoms in total. The maximum Gasteiger partial charge on any atom is 0.0781 e. The van der Waals surface area contributed by atoms with Gasteiger partial charge in [-0.1, -0.05) is 6.42 Å². The molecule has 0 radical (unpaired) electrons. The van der Waals surface area contributed by atoms with E-state index >= 15 is 0 Å². The first-order valence-corrected chi connectivity index (χ1v) is 7.36. The van der Waals surface area contributed by atoms with Crippen molar-refractivity contribution in [3.63, 3.8) is 0 Å².